The summed E-state index contributed by atoms with van der Waals surface area (Å²) in [6.07, 6.45) is 5.90. The van der Waals surface area contributed by atoms with E-state index in [0.717, 1.165) is 44.7 Å². The lowest BCUT2D eigenvalue weighted by molar-refractivity contribution is -0.116. The molecule has 2 heterocycles. The number of hydrogen-bond donors (Lipinski definition) is 2. The molecule has 0 aromatic carbocycles. The number of aliphatic hydroxyl groups is 1. The summed E-state index contributed by atoms with van der Waals surface area (Å²) in [5.74, 6) is 0.00535. The molecule has 6 nitrogen and oxygen atoms in total. The predicted molar refractivity (Wildman–Crippen MR) is 91.2 cm³/mol. The lowest BCUT2D eigenvalue weighted by Gasteiger charge is -2.43. The van der Waals surface area contributed by atoms with Crippen molar-refractivity contribution in [2.75, 3.05) is 52.2 Å². The number of hydrogen-bond acceptors (Lipinski definition) is 5. The van der Waals surface area contributed by atoms with Crippen molar-refractivity contribution in [1.82, 2.24) is 14.8 Å². The number of rotatable bonds is 7. The van der Waals surface area contributed by atoms with E-state index in [-0.39, 0.29) is 17.9 Å². The molecule has 1 amide bonds. The van der Waals surface area contributed by atoms with Gasteiger partial charge in [-0.25, -0.2) is 0 Å². The number of carbonyl (C=O) groups excluding carboxylic acids is 1. The molecule has 0 bridgehead atoms. The van der Waals surface area contributed by atoms with Crippen LogP contribution >= 0.6 is 0 Å². The van der Waals surface area contributed by atoms with Gasteiger partial charge in [0.1, 0.15) is 0 Å². The smallest absolute Gasteiger partial charge is 0.225 e. The van der Waals surface area contributed by atoms with Crippen LogP contribution in [0.5, 0.6) is 0 Å². The van der Waals surface area contributed by atoms with Gasteiger partial charge in [0.15, 0.2) is 0 Å². The number of carbonyl (C=O) groups is 1. The standard InChI is InChI=1S/C17H28N4O2/c1-20(2)12-17(14-22)7-4-9-21(13-17)10-6-16(23)19-15-5-3-8-18-11-15/h3,5,8,11,22H,4,6-7,9-10,12-14H2,1-2H3,(H,19,23). The first-order valence-electron chi connectivity index (χ1n) is 8.21. The van der Waals surface area contributed by atoms with Crippen molar-refractivity contribution in [2.24, 2.45) is 5.41 Å². The Kier molecular flexibility index (Phi) is 6.50. The zero-order valence-corrected chi connectivity index (χ0v) is 14.2. The van der Waals surface area contributed by atoms with E-state index in [1.165, 1.54) is 0 Å². The fourth-order valence-electron chi connectivity index (χ4n) is 3.40. The van der Waals surface area contributed by atoms with Crippen molar-refractivity contribution in [3.8, 4) is 0 Å². The Morgan fingerprint density at radius 3 is 3.00 bits per heavy atom. The van der Waals surface area contributed by atoms with Gasteiger partial charge in [0.2, 0.25) is 5.91 Å². The maximum absolute atomic E-state index is 12.0. The number of aromatic nitrogens is 1. The summed E-state index contributed by atoms with van der Waals surface area (Å²) in [5.41, 5.74) is 0.662. The highest BCUT2D eigenvalue weighted by atomic mass is 16.3. The second kappa shape index (κ2) is 8.38. The Hall–Kier alpha value is -1.50. The Morgan fingerprint density at radius 1 is 1.52 bits per heavy atom. The third-order valence-corrected chi connectivity index (χ3v) is 4.33. The fourth-order valence-corrected chi connectivity index (χ4v) is 3.40. The van der Waals surface area contributed by atoms with Crippen LogP contribution in [0, 0.1) is 5.41 Å². The molecule has 23 heavy (non-hydrogen) atoms. The Labute approximate surface area is 138 Å². The number of nitrogens with one attached hydrogen (secondary N) is 1. The van der Waals surface area contributed by atoms with Gasteiger partial charge >= 0.3 is 0 Å². The second-order valence-electron chi connectivity index (χ2n) is 6.82. The van der Waals surface area contributed by atoms with E-state index in [1.54, 1.807) is 18.5 Å². The molecule has 0 aliphatic carbocycles. The first kappa shape index (κ1) is 17.8. The highest BCUT2D eigenvalue weighted by Crippen LogP contribution is 2.30. The maximum Gasteiger partial charge on any atom is 0.225 e. The van der Waals surface area contributed by atoms with Crippen LogP contribution in [0.15, 0.2) is 24.5 Å². The molecular formula is C17H28N4O2. The number of amides is 1. The molecule has 1 aliphatic rings. The van der Waals surface area contributed by atoms with Gasteiger partial charge in [-0.3, -0.25) is 9.78 Å². The molecule has 1 aromatic heterocycles. The highest BCUT2D eigenvalue weighted by Gasteiger charge is 2.35. The van der Waals surface area contributed by atoms with E-state index in [1.807, 2.05) is 20.2 Å². The van der Waals surface area contributed by atoms with Gasteiger partial charge in [-0.15, -0.1) is 0 Å². The van der Waals surface area contributed by atoms with Gasteiger partial charge < -0.3 is 20.2 Å². The van der Waals surface area contributed by atoms with Crippen LogP contribution in [0.4, 0.5) is 5.69 Å². The van der Waals surface area contributed by atoms with Gasteiger partial charge in [0, 0.05) is 37.7 Å². The average Bonchev–Trinajstić information content (AvgIpc) is 2.53. The summed E-state index contributed by atoms with van der Waals surface area (Å²) in [5, 5.41) is 12.7. The van der Waals surface area contributed by atoms with Gasteiger partial charge in [-0.2, -0.15) is 0 Å². The van der Waals surface area contributed by atoms with E-state index < -0.39 is 0 Å². The normalized spacial score (nSPS) is 22.3. The largest absolute Gasteiger partial charge is 0.396 e. The lowest BCUT2D eigenvalue weighted by atomic mass is 9.80. The molecular weight excluding hydrogens is 292 g/mol. The Balaban J connectivity index is 1.82. The monoisotopic (exact) mass is 320 g/mol. The number of piperidine rings is 1. The quantitative estimate of drug-likeness (QED) is 0.786. The molecule has 1 atom stereocenters. The summed E-state index contributed by atoms with van der Waals surface area (Å²) in [6, 6.07) is 3.64. The predicted octanol–water partition coefficient (Wildman–Crippen LogP) is 1.05. The van der Waals surface area contributed by atoms with Crippen LogP contribution in [0.1, 0.15) is 19.3 Å². The minimum Gasteiger partial charge on any atom is -0.396 e. The lowest BCUT2D eigenvalue weighted by Crippen LogP contribution is -2.50. The molecule has 128 valence electrons. The molecule has 1 unspecified atom stereocenters. The van der Waals surface area contributed by atoms with Crippen molar-refractivity contribution in [3.05, 3.63) is 24.5 Å². The summed E-state index contributed by atoms with van der Waals surface area (Å²) in [7, 11) is 4.08. The van der Waals surface area contributed by atoms with Gasteiger partial charge in [-0.05, 0) is 45.6 Å². The number of likely N-dealkylation sites (tertiary alicyclic amines) is 1. The number of aliphatic hydroxyl groups excluding tert-OH is 1. The third-order valence-electron chi connectivity index (χ3n) is 4.33. The third kappa shape index (κ3) is 5.57. The van der Waals surface area contributed by atoms with E-state index in [4.69, 9.17) is 0 Å². The SMILES string of the molecule is CN(C)CC1(CO)CCCN(CCC(=O)Nc2cccnc2)C1. The molecule has 1 fully saturated rings. The zero-order valence-electron chi connectivity index (χ0n) is 14.2. The summed E-state index contributed by atoms with van der Waals surface area (Å²) < 4.78 is 0. The minimum atomic E-state index is -0.0679. The highest BCUT2D eigenvalue weighted by molar-refractivity contribution is 5.90. The van der Waals surface area contributed by atoms with E-state index in [0.29, 0.717) is 6.42 Å². The number of nitrogens with zero attached hydrogens (tertiary/aromatic N) is 3. The summed E-state index contributed by atoms with van der Waals surface area (Å²) in [4.78, 5) is 20.5. The van der Waals surface area contributed by atoms with Gasteiger partial charge in [0.05, 0.1) is 18.5 Å². The van der Waals surface area contributed by atoms with Crippen LogP contribution in [0.2, 0.25) is 0 Å². The maximum atomic E-state index is 12.0. The molecule has 2 rings (SSSR count). The van der Waals surface area contributed by atoms with Crippen molar-refractivity contribution in [3.63, 3.8) is 0 Å². The number of anilines is 1. The van der Waals surface area contributed by atoms with E-state index >= 15 is 0 Å². The first-order valence-corrected chi connectivity index (χ1v) is 8.21. The molecule has 0 radical (unpaired) electrons. The van der Waals surface area contributed by atoms with Crippen molar-refractivity contribution in [1.29, 1.82) is 0 Å². The van der Waals surface area contributed by atoms with Gasteiger partial charge in [-0.1, -0.05) is 0 Å². The van der Waals surface area contributed by atoms with Crippen molar-refractivity contribution < 1.29 is 9.90 Å². The van der Waals surface area contributed by atoms with Crippen LogP contribution in [-0.4, -0.2) is 72.7 Å². The van der Waals surface area contributed by atoms with Crippen LogP contribution in [-0.2, 0) is 4.79 Å². The topological polar surface area (TPSA) is 68.7 Å². The second-order valence-corrected chi connectivity index (χ2v) is 6.82. The van der Waals surface area contributed by atoms with Crippen molar-refractivity contribution >= 4 is 11.6 Å². The molecule has 2 N–H and O–H groups in total. The minimum absolute atomic E-state index is 0.00535. The van der Waals surface area contributed by atoms with Crippen LogP contribution < -0.4 is 5.32 Å². The Morgan fingerprint density at radius 2 is 2.35 bits per heavy atom. The van der Waals surface area contributed by atoms with Crippen molar-refractivity contribution in [2.45, 2.75) is 19.3 Å². The molecule has 1 aromatic rings. The summed E-state index contributed by atoms with van der Waals surface area (Å²) >= 11 is 0. The van der Waals surface area contributed by atoms with Crippen LogP contribution in [0.25, 0.3) is 0 Å². The molecule has 1 saturated heterocycles. The Bertz CT molecular complexity index is 495. The fraction of sp³-hybridized carbons (Fsp3) is 0.647. The van der Waals surface area contributed by atoms with E-state index in [9.17, 15) is 9.90 Å². The average molecular weight is 320 g/mol. The zero-order chi connectivity index (χ0) is 16.7. The van der Waals surface area contributed by atoms with E-state index in [2.05, 4.69) is 20.1 Å². The molecule has 1 aliphatic heterocycles. The summed E-state index contributed by atoms with van der Waals surface area (Å²) in [6.45, 7) is 3.64. The molecule has 0 spiro atoms. The number of pyridine rings is 1. The first-order chi connectivity index (χ1) is 11.0. The molecule has 6 heteroatoms. The van der Waals surface area contributed by atoms with Gasteiger partial charge in [0.25, 0.3) is 0 Å². The van der Waals surface area contributed by atoms with Crippen LogP contribution in [0.3, 0.4) is 0 Å². The molecule has 0 saturated carbocycles.